The predicted octanol–water partition coefficient (Wildman–Crippen LogP) is 3.41. The van der Waals surface area contributed by atoms with Crippen LogP contribution in [0, 0.1) is 0 Å². The Morgan fingerprint density at radius 2 is 1.68 bits per heavy atom. The molecule has 0 unspecified atom stereocenters. The van der Waals surface area contributed by atoms with Gasteiger partial charge in [-0.3, -0.25) is 10.1 Å². The molecular weight excluding hydrogens is 310 g/mol. The Bertz CT molecular complexity index is 648. The monoisotopic (exact) mass is 322 g/mol. The van der Waals surface area contributed by atoms with E-state index in [-0.39, 0.29) is 16.8 Å². The van der Waals surface area contributed by atoms with Gasteiger partial charge in [0.15, 0.2) is 5.11 Å². The molecule has 0 fully saturated rings. The Balaban J connectivity index is 1.90. The van der Waals surface area contributed by atoms with Crippen LogP contribution in [0.1, 0.15) is 10.4 Å². The second-order valence-electron chi connectivity index (χ2n) is 4.18. The third kappa shape index (κ3) is 4.78. The summed E-state index contributed by atoms with van der Waals surface area (Å²) in [6, 6.07) is 14.4. The Morgan fingerprint density at radius 1 is 1.05 bits per heavy atom. The van der Waals surface area contributed by atoms with Crippen molar-refractivity contribution >= 4 is 28.9 Å². The average Bonchev–Trinajstić information content (AvgIpc) is 2.49. The van der Waals surface area contributed by atoms with Crippen LogP contribution in [-0.2, 0) is 0 Å². The van der Waals surface area contributed by atoms with Crippen LogP contribution in [0.15, 0.2) is 54.6 Å². The van der Waals surface area contributed by atoms with Crippen LogP contribution in [0.2, 0.25) is 0 Å². The van der Waals surface area contributed by atoms with Gasteiger partial charge in [0.2, 0.25) is 0 Å². The Kier molecular flexibility index (Phi) is 5.37. The number of carbonyl (C=O) groups is 1. The molecule has 2 aromatic carbocycles. The van der Waals surface area contributed by atoms with Crippen LogP contribution >= 0.6 is 12.2 Å². The normalized spacial score (nSPS) is 10.1. The molecule has 0 aliphatic heterocycles. The van der Waals surface area contributed by atoms with E-state index in [1.165, 1.54) is 24.3 Å². The number of halogens is 2. The number of nitrogens with one attached hydrogen (secondary N) is 2. The summed E-state index contributed by atoms with van der Waals surface area (Å²) in [6.45, 7) is -2.87. The number of carbonyl (C=O) groups excluding carboxylic acids is 1. The molecule has 0 aromatic heterocycles. The highest BCUT2D eigenvalue weighted by Crippen LogP contribution is 2.17. The van der Waals surface area contributed by atoms with Crippen molar-refractivity contribution in [2.75, 3.05) is 5.32 Å². The number of hydrogen-bond donors (Lipinski definition) is 2. The largest absolute Gasteiger partial charge is 0.435 e. The Morgan fingerprint density at radius 3 is 2.27 bits per heavy atom. The molecule has 0 heterocycles. The SMILES string of the molecule is O=C(NC(=S)Nc1ccc(OC(F)F)cc1)c1ccccc1. The molecule has 0 saturated carbocycles. The number of thiocarbonyl (C=S) groups is 1. The molecule has 0 aliphatic carbocycles. The van der Waals surface area contributed by atoms with Crippen molar-refractivity contribution in [1.29, 1.82) is 0 Å². The predicted molar refractivity (Wildman–Crippen MR) is 83.2 cm³/mol. The third-order valence-corrected chi connectivity index (χ3v) is 2.80. The van der Waals surface area contributed by atoms with Crippen molar-refractivity contribution in [3.8, 4) is 5.75 Å². The molecule has 0 saturated heterocycles. The molecule has 0 radical (unpaired) electrons. The number of ether oxygens (including phenoxy) is 1. The highest BCUT2D eigenvalue weighted by molar-refractivity contribution is 7.80. The average molecular weight is 322 g/mol. The summed E-state index contributed by atoms with van der Waals surface area (Å²) < 4.78 is 28.3. The number of amides is 1. The van der Waals surface area contributed by atoms with E-state index in [2.05, 4.69) is 15.4 Å². The first-order valence-corrected chi connectivity index (χ1v) is 6.67. The molecule has 2 aromatic rings. The van der Waals surface area contributed by atoms with Crippen molar-refractivity contribution in [1.82, 2.24) is 5.32 Å². The molecule has 0 aliphatic rings. The molecule has 0 atom stereocenters. The smallest absolute Gasteiger partial charge is 0.387 e. The minimum Gasteiger partial charge on any atom is -0.435 e. The van der Waals surface area contributed by atoms with Crippen LogP contribution in [-0.4, -0.2) is 17.6 Å². The van der Waals surface area contributed by atoms with Gasteiger partial charge in [-0.15, -0.1) is 0 Å². The number of alkyl halides is 2. The van der Waals surface area contributed by atoms with Gasteiger partial charge >= 0.3 is 6.61 Å². The number of anilines is 1. The van der Waals surface area contributed by atoms with Gasteiger partial charge in [-0.05, 0) is 48.6 Å². The lowest BCUT2D eigenvalue weighted by molar-refractivity contribution is -0.0498. The van der Waals surface area contributed by atoms with Crippen LogP contribution in [0.3, 0.4) is 0 Å². The first-order valence-electron chi connectivity index (χ1n) is 6.27. The number of benzene rings is 2. The molecule has 114 valence electrons. The first kappa shape index (κ1) is 15.8. The summed E-state index contributed by atoms with van der Waals surface area (Å²) in [5, 5.41) is 5.41. The van der Waals surface area contributed by atoms with Crippen molar-refractivity contribution in [2.24, 2.45) is 0 Å². The molecule has 0 bridgehead atoms. The van der Waals surface area contributed by atoms with Crippen molar-refractivity contribution in [3.63, 3.8) is 0 Å². The van der Waals surface area contributed by atoms with Crippen molar-refractivity contribution in [3.05, 3.63) is 60.2 Å². The maximum absolute atomic E-state index is 12.0. The zero-order chi connectivity index (χ0) is 15.9. The summed E-state index contributed by atoms with van der Waals surface area (Å²) in [4.78, 5) is 11.9. The molecular formula is C15H12F2N2O2S. The fourth-order valence-electron chi connectivity index (χ4n) is 1.65. The lowest BCUT2D eigenvalue weighted by Crippen LogP contribution is -2.34. The lowest BCUT2D eigenvalue weighted by Gasteiger charge is -2.10. The molecule has 2 N–H and O–H groups in total. The van der Waals surface area contributed by atoms with Gasteiger partial charge < -0.3 is 10.1 Å². The van der Waals surface area contributed by atoms with E-state index in [9.17, 15) is 13.6 Å². The van der Waals surface area contributed by atoms with Crippen LogP contribution in [0.5, 0.6) is 5.75 Å². The fourth-order valence-corrected chi connectivity index (χ4v) is 1.86. The fraction of sp³-hybridized carbons (Fsp3) is 0.0667. The lowest BCUT2D eigenvalue weighted by atomic mass is 10.2. The van der Waals surface area contributed by atoms with Crippen molar-refractivity contribution < 1.29 is 18.3 Å². The van der Waals surface area contributed by atoms with E-state index in [4.69, 9.17) is 12.2 Å². The summed E-state index contributed by atoms with van der Waals surface area (Å²) >= 11 is 5.02. The molecule has 7 heteroatoms. The van der Waals surface area contributed by atoms with Gasteiger partial charge in [0.1, 0.15) is 5.75 Å². The van der Waals surface area contributed by atoms with E-state index >= 15 is 0 Å². The van der Waals surface area contributed by atoms with Gasteiger partial charge in [-0.2, -0.15) is 8.78 Å². The summed E-state index contributed by atoms with van der Waals surface area (Å²) in [5.74, 6) is -0.296. The van der Waals surface area contributed by atoms with Gasteiger partial charge in [-0.25, -0.2) is 0 Å². The topological polar surface area (TPSA) is 50.4 Å². The summed E-state index contributed by atoms with van der Waals surface area (Å²) in [6.07, 6.45) is 0. The molecule has 1 amide bonds. The van der Waals surface area contributed by atoms with Crippen molar-refractivity contribution in [2.45, 2.75) is 6.61 Å². The molecule has 0 spiro atoms. The number of rotatable bonds is 4. The van der Waals surface area contributed by atoms with E-state index in [1.54, 1.807) is 30.3 Å². The van der Waals surface area contributed by atoms with Gasteiger partial charge in [0.25, 0.3) is 5.91 Å². The second-order valence-corrected chi connectivity index (χ2v) is 4.59. The van der Waals surface area contributed by atoms with E-state index in [0.717, 1.165) is 0 Å². The molecule has 4 nitrogen and oxygen atoms in total. The maximum Gasteiger partial charge on any atom is 0.387 e. The molecule has 22 heavy (non-hydrogen) atoms. The Labute approximate surface area is 131 Å². The minimum absolute atomic E-state index is 0.0415. The van der Waals surface area contributed by atoms with E-state index in [0.29, 0.717) is 11.3 Å². The van der Waals surface area contributed by atoms with Crippen LogP contribution in [0.25, 0.3) is 0 Å². The quantitative estimate of drug-likeness (QED) is 0.847. The summed E-state index contributed by atoms with van der Waals surface area (Å²) in [5.41, 5.74) is 1.02. The summed E-state index contributed by atoms with van der Waals surface area (Å²) in [7, 11) is 0. The van der Waals surface area contributed by atoms with E-state index in [1.807, 2.05) is 0 Å². The van der Waals surface area contributed by atoms with Crippen LogP contribution < -0.4 is 15.4 Å². The second kappa shape index (κ2) is 7.46. The third-order valence-electron chi connectivity index (χ3n) is 2.60. The highest BCUT2D eigenvalue weighted by Gasteiger charge is 2.08. The van der Waals surface area contributed by atoms with E-state index < -0.39 is 6.61 Å². The minimum atomic E-state index is -2.87. The van der Waals surface area contributed by atoms with Gasteiger partial charge in [-0.1, -0.05) is 18.2 Å². The first-order chi connectivity index (χ1) is 10.5. The Hall–Kier alpha value is -2.54. The maximum atomic E-state index is 12.0. The highest BCUT2D eigenvalue weighted by atomic mass is 32.1. The number of hydrogen-bond acceptors (Lipinski definition) is 3. The standard InChI is InChI=1S/C15H12F2N2O2S/c16-14(17)21-12-8-6-11(7-9-12)18-15(22)19-13(20)10-4-2-1-3-5-10/h1-9,14H,(H2,18,19,20,22). The van der Waals surface area contributed by atoms with Gasteiger partial charge in [0.05, 0.1) is 0 Å². The zero-order valence-corrected chi connectivity index (χ0v) is 12.1. The molecule has 2 rings (SSSR count). The van der Waals surface area contributed by atoms with Crippen LogP contribution in [0.4, 0.5) is 14.5 Å². The zero-order valence-electron chi connectivity index (χ0n) is 11.3. The van der Waals surface area contributed by atoms with Gasteiger partial charge in [0, 0.05) is 11.3 Å².